The number of rotatable bonds is 6. The van der Waals surface area contributed by atoms with Crippen molar-refractivity contribution in [3.8, 4) is 0 Å². The molecule has 4 rings (SSSR count). The molecule has 162 valence electrons. The summed E-state index contributed by atoms with van der Waals surface area (Å²) in [5.74, 6) is -2.86. The monoisotopic (exact) mass is 411 g/mol. The van der Waals surface area contributed by atoms with Crippen LogP contribution in [0.25, 0.3) is 0 Å². The third-order valence-corrected chi connectivity index (χ3v) is 5.09. The summed E-state index contributed by atoms with van der Waals surface area (Å²) in [4.78, 5) is 12.2. The number of aryl methyl sites for hydroxylation is 1. The lowest BCUT2D eigenvalue weighted by molar-refractivity contribution is -0.329. The summed E-state index contributed by atoms with van der Waals surface area (Å²) in [5, 5.41) is 6.85. The third kappa shape index (κ3) is 4.41. The number of nitrogens with one attached hydrogen (secondary N) is 1. The summed E-state index contributed by atoms with van der Waals surface area (Å²) in [7, 11) is 0. The molecule has 4 heterocycles. The van der Waals surface area contributed by atoms with Crippen molar-refractivity contribution >= 4 is 6.09 Å². The molecule has 3 aliphatic rings. The standard InChI is InChI=1S/C19H29N3O7/c1-17(2)25-11-13-14(27-17)15-19(26-13,29-18(3,4)28-15)12-24-16(23)20-7-5-9-22-10-6-8-21-22/h6,8,10,13-15H,5,7,9,11-12H2,1-4H3,(H,20,23)/t13-,14+,15-,19-/m1/s1. The molecule has 1 aromatic rings. The van der Waals surface area contributed by atoms with Crippen LogP contribution in [0.2, 0.25) is 0 Å². The Hall–Kier alpha value is -1.72. The number of carbonyl (C=O) groups is 1. The van der Waals surface area contributed by atoms with Crippen molar-refractivity contribution in [3.63, 3.8) is 0 Å². The van der Waals surface area contributed by atoms with E-state index >= 15 is 0 Å². The number of aromatic nitrogens is 2. The molecule has 3 aliphatic heterocycles. The summed E-state index contributed by atoms with van der Waals surface area (Å²) in [6.45, 7) is 8.70. The molecular formula is C19H29N3O7. The van der Waals surface area contributed by atoms with Gasteiger partial charge in [-0.15, -0.1) is 0 Å². The predicted octanol–water partition coefficient (Wildman–Crippen LogP) is 1.40. The summed E-state index contributed by atoms with van der Waals surface area (Å²) in [6, 6.07) is 1.86. The first kappa shape index (κ1) is 20.5. The Morgan fingerprint density at radius 1 is 1.24 bits per heavy atom. The predicted molar refractivity (Wildman–Crippen MR) is 98.7 cm³/mol. The minimum atomic E-state index is -1.23. The number of hydrogen-bond donors (Lipinski definition) is 1. The smallest absolute Gasteiger partial charge is 0.407 e. The van der Waals surface area contributed by atoms with Crippen LogP contribution in [0.5, 0.6) is 0 Å². The van der Waals surface area contributed by atoms with Gasteiger partial charge < -0.3 is 33.7 Å². The van der Waals surface area contributed by atoms with Gasteiger partial charge in [-0.3, -0.25) is 4.68 Å². The molecule has 0 unspecified atom stereocenters. The zero-order valence-corrected chi connectivity index (χ0v) is 17.3. The highest BCUT2D eigenvalue weighted by Crippen LogP contribution is 2.48. The van der Waals surface area contributed by atoms with E-state index in [4.69, 9.17) is 28.4 Å². The van der Waals surface area contributed by atoms with Gasteiger partial charge in [0, 0.05) is 25.5 Å². The van der Waals surface area contributed by atoms with Gasteiger partial charge in [-0.1, -0.05) is 0 Å². The number of amides is 1. The Labute approximate surface area is 169 Å². The van der Waals surface area contributed by atoms with E-state index in [1.807, 2.05) is 26.1 Å². The van der Waals surface area contributed by atoms with Crippen LogP contribution in [0.1, 0.15) is 34.1 Å². The molecule has 10 nitrogen and oxygen atoms in total. The van der Waals surface area contributed by atoms with Crippen LogP contribution in [0.3, 0.4) is 0 Å². The third-order valence-electron chi connectivity index (χ3n) is 5.09. The Morgan fingerprint density at radius 2 is 2.07 bits per heavy atom. The van der Waals surface area contributed by atoms with Crippen LogP contribution in [0.15, 0.2) is 18.5 Å². The van der Waals surface area contributed by atoms with Gasteiger partial charge in [0.1, 0.15) is 18.3 Å². The molecule has 0 aromatic carbocycles. The minimum Gasteiger partial charge on any atom is -0.444 e. The van der Waals surface area contributed by atoms with E-state index < -0.39 is 29.6 Å². The van der Waals surface area contributed by atoms with E-state index in [-0.39, 0.29) is 18.8 Å². The molecule has 3 fully saturated rings. The average Bonchev–Trinajstić information content (AvgIpc) is 3.30. The average molecular weight is 411 g/mol. The highest BCUT2D eigenvalue weighted by Gasteiger charge is 2.67. The Balaban J connectivity index is 1.32. The largest absolute Gasteiger partial charge is 0.444 e. The van der Waals surface area contributed by atoms with Crippen molar-refractivity contribution in [2.45, 2.75) is 76.3 Å². The van der Waals surface area contributed by atoms with Gasteiger partial charge in [0.25, 0.3) is 0 Å². The number of ether oxygens (including phenoxy) is 6. The zero-order valence-electron chi connectivity index (χ0n) is 17.3. The second-order valence-corrected chi connectivity index (χ2v) is 8.43. The molecule has 0 spiro atoms. The van der Waals surface area contributed by atoms with Crippen molar-refractivity contribution in [2.24, 2.45) is 0 Å². The number of nitrogens with zero attached hydrogens (tertiary/aromatic N) is 2. The fourth-order valence-electron chi connectivity index (χ4n) is 3.96. The highest BCUT2D eigenvalue weighted by molar-refractivity contribution is 5.67. The van der Waals surface area contributed by atoms with E-state index in [1.54, 1.807) is 24.7 Å². The molecular weight excluding hydrogens is 382 g/mol. The molecule has 1 aromatic heterocycles. The first-order valence-corrected chi connectivity index (χ1v) is 9.94. The SMILES string of the molecule is CC1(C)OC[C@H]2O[C@]3(COC(=O)NCCCn4cccn4)OC(C)(C)O[C@@H]3[C@H]2O1. The highest BCUT2D eigenvalue weighted by atomic mass is 16.9. The first-order valence-electron chi connectivity index (χ1n) is 9.94. The second-order valence-electron chi connectivity index (χ2n) is 8.43. The van der Waals surface area contributed by atoms with Crippen LogP contribution >= 0.6 is 0 Å². The van der Waals surface area contributed by atoms with Crippen LogP contribution < -0.4 is 5.32 Å². The Bertz CT molecular complexity index is 723. The molecule has 10 heteroatoms. The molecule has 1 amide bonds. The lowest BCUT2D eigenvalue weighted by Crippen LogP contribution is -2.51. The maximum Gasteiger partial charge on any atom is 0.407 e. The van der Waals surface area contributed by atoms with Gasteiger partial charge in [-0.05, 0) is 40.2 Å². The molecule has 0 saturated carbocycles. The minimum absolute atomic E-state index is 0.108. The number of fused-ring (bicyclic) bond motifs is 3. The fourth-order valence-corrected chi connectivity index (χ4v) is 3.96. The summed E-state index contributed by atoms with van der Waals surface area (Å²) < 4.78 is 37.2. The Kier molecular flexibility index (Phi) is 5.32. The normalized spacial score (nSPS) is 34.4. The van der Waals surface area contributed by atoms with Crippen LogP contribution in [-0.2, 0) is 35.0 Å². The van der Waals surface area contributed by atoms with E-state index in [0.717, 1.165) is 6.42 Å². The van der Waals surface area contributed by atoms with Gasteiger partial charge in [-0.2, -0.15) is 5.10 Å². The maximum atomic E-state index is 12.2. The van der Waals surface area contributed by atoms with Crippen molar-refractivity contribution in [2.75, 3.05) is 19.8 Å². The molecule has 0 bridgehead atoms. The topological polar surface area (TPSA) is 102 Å². The van der Waals surface area contributed by atoms with E-state index in [9.17, 15) is 4.79 Å². The van der Waals surface area contributed by atoms with Gasteiger partial charge in [0.05, 0.1) is 6.61 Å². The van der Waals surface area contributed by atoms with E-state index in [1.165, 1.54) is 0 Å². The number of alkyl carbamates (subject to hydrolysis) is 1. The second kappa shape index (κ2) is 7.51. The quantitative estimate of drug-likeness (QED) is 0.701. The number of hydrogen-bond acceptors (Lipinski definition) is 8. The molecule has 29 heavy (non-hydrogen) atoms. The molecule has 3 saturated heterocycles. The summed E-state index contributed by atoms with van der Waals surface area (Å²) in [6.07, 6.45) is 2.53. The van der Waals surface area contributed by atoms with Crippen molar-refractivity contribution in [1.29, 1.82) is 0 Å². The van der Waals surface area contributed by atoms with Crippen LogP contribution in [0, 0.1) is 0 Å². The van der Waals surface area contributed by atoms with Crippen molar-refractivity contribution in [1.82, 2.24) is 15.1 Å². The molecule has 1 N–H and O–H groups in total. The first-order chi connectivity index (χ1) is 13.7. The van der Waals surface area contributed by atoms with E-state index in [2.05, 4.69) is 10.4 Å². The maximum absolute atomic E-state index is 12.2. The molecule has 0 aliphatic carbocycles. The van der Waals surface area contributed by atoms with Crippen LogP contribution in [-0.4, -0.2) is 71.3 Å². The fraction of sp³-hybridized carbons (Fsp3) is 0.789. The van der Waals surface area contributed by atoms with Crippen molar-refractivity contribution < 1.29 is 33.2 Å². The van der Waals surface area contributed by atoms with E-state index in [0.29, 0.717) is 19.7 Å². The summed E-state index contributed by atoms with van der Waals surface area (Å²) in [5.41, 5.74) is 0. The Morgan fingerprint density at radius 3 is 2.83 bits per heavy atom. The van der Waals surface area contributed by atoms with Gasteiger partial charge >= 0.3 is 6.09 Å². The molecule has 4 atom stereocenters. The molecule has 0 radical (unpaired) electrons. The van der Waals surface area contributed by atoms with Gasteiger partial charge in [0.2, 0.25) is 5.79 Å². The lowest BCUT2D eigenvalue weighted by Gasteiger charge is -2.38. The van der Waals surface area contributed by atoms with Crippen LogP contribution in [0.4, 0.5) is 4.79 Å². The lowest BCUT2D eigenvalue weighted by atomic mass is 10.0. The van der Waals surface area contributed by atoms with Gasteiger partial charge in [0.15, 0.2) is 18.2 Å². The number of carbonyl (C=O) groups excluding carboxylic acids is 1. The van der Waals surface area contributed by atoms with Gasteiger partial charge in [-0.25, -0.2) is 4.79 Å². The summed E-state index contributed by atoms with van der Waals surface area (Å²) >= 11 is 0. The van der Waals surface area contributed by atoms with Crippen molar-refractivity contribution in [3.05, 3.63) is 18.5 Å². The zero-order chi connectivity index (χ0) is 20.7.